The number of ketones is 1. The molecule has 0 aliphatic carbocycles. The third-order valence-electron chi connectivity index (χ3n) is 6.66. The van der Waals surface area contributed by atoms with E-state index in [1.165, 1.54) is 12.1 Å². The lowest BCUT2D eigenvalue weighted by atomic mass is 9.84. The Balaban J connectivity index is 0.00000456. The number of carbonyl (C=O) groups is 2. The topological polar surface area (TPSA) is 146 Å². The van der Waals surface area contributed by atoms with Crippen molar-refractivity contribution in [3.05, 3.63) is 30.3 Å². The lowest BCUT2D eigenvalue weighted by molar-refractivity contribution is -0.131. The molecule has 3 atom stereocenters. The van der Waals surface area contributed by atoms with Crippen molar-refractivity contribution in [3.63, 3.8) is 0 Å². The summed E-state index contributed by atoms with van der Waals surface area (Å²) in [7, 11) is -3.90. The zero-order valence-electron chi connectivity index (χ0n) is 20.9. The van der Waals surface area contributed by atoms with Gasteiger partial charge in [-0.25, -0.2) is 8.42 Å². The molecule has 36 heavy (non-hydrogen) atoms. The molecule has 3 rings (SSSR count). The van der Waals surface area contributed by atoms with Crippen LogP contribution in [0.5, 0.6) is 0 Å². The highest BCUT2D eigenvalue weighted by atomic mass is 35.5. The van der Waals surface area contributed by atoms with E-state index in [1.54, 1.807) is 24.5 Å². The first-order chi connectivity index (χ1) is 16.7. The van der Waals surface area contributed by atoms with Crippen molar-refractivity contribution in [2.45, 2.75) is 69.0 Å². The van der Waals surface area contributed by atoms with Crippen LogP contribution in [0.4, 0.5) is 0 Å². The molecule has 0 spiro atoms. The van der Waals surface area contributed by atoms with Crippen molar-refractivity contribution >= 4 is 40.5 Å². The monoisotopic (exact) mass is 542 g/mol. The molecule has 10 nitrogen and oxygen atoms in total. The average Bonchev–Trinajstić information content (AvgIpc) is 3.38. The van der Waals surface area contributed by atoms with Crippen molar-refractivity contribution in [1.29, 1.82) is 0 Å². The van der Waals surface area contributed by atoms with E-state index < -0.39 is 28.0 Å². The molecule has 202 valence electrons. The van der Waals surface area contributed by atoms with Gasteiger partial charge in [0.25, 0.3) is 0 Å². The highest BCUT2D eigenvalue weighted by Gasteiger charge is 2.38. The van der Waals surface area contributed by atoms with Gasteiger partial charge in [0.1, 0.15) is 12.4 Å². The second kappa shape index (κ2) is 13.9. The predicted molar refractivity (Wildman–Crippen MR) is 142 cm³/mol. The number of Topliss-reactive ketones (excluding diaryl/α,β-unsaturated/α-hetero) is 1. The molecule has 0 bridgehead atoms. The van der Waals surface area contributed by atoms with Crippen LogP contribution in [0.3, 0.4) is 0 Å². The normalized spacial score (nSPS) is 20.8. The molecule has 1 aromatic rings. The number of rotatable bonds is 11. The van der Waals surface area contributed by atoms with Crippen LogP contribution < -0.4 is 21.2 Å². The van der Waals surface area contributed by atoms with E-state index >= 15 is 0 Å². The first kappa shape index (κ1) is 30.0. The van der Waals surface area contributed by atoms with Gasteiger partial charge in [-0.1, -0.05) is 32.0 Å². The summed E-state index contributed by atoms with van der Waals surface area (Å²) in [5.41, 5.74) is 0. The molecule has 1 unspecified atom stereocenters. The van der Waals surface area contributed by atoms with E-state index in [-0.39, 0.29) is 41.0 Å². The Bertz CT molecular complexity index is 978. The van der Waals surface area contributed by atoms with Crippen molar-refractivity contribution in [1.82, 2.24) is 20.3 Å². The number of hydrazone groups is 1. The van der Waals surface area contributed by atoms with Crippen molar-refractivity contribution in [2.24, 2.45) is 22.8 Å². The summed E-state index contributed by atoms with van der Waals surface area (Å²) in [4.78, 5) is 29.0. The Hall–Kier alpha value is -2.21. The van der Waals surface area contributed by atoms with E-state index in [0.29, 0.717) is 32.4 Å². The Kier molecular flexibility index (Phi) is 11.6. The number of hydrogen-bond donors (Lipinski definition) is 4. The zero-order chi connectivity index (χ0) is 25.4. The van der Waals surface area contributed by atoms with Gasteiger partial charge in [-0.15, -0.1) is 12.4 Å². The molecule has 0 radical (unpaired) electrons. The molecule has 1 amide bonds. The number of carbonyl (C=O) groups excluding carboxylic acids is 2. The summed E-state index contributed by atoms with van der Waals surface area (Å²) in [5, 5.41) is 9.77. The summed E-state index contributed by atoms with van der Waals surface area (Å²) in [6, 6.07) is 6.01. The van der Waals surface area contributed by atoms with Gasteiger partial charge in [0.15, 0.2) is 5.78 Å². The standard InChI is InChI=1S/C24H38N6O4S.ClH/c1-17(2)15-21(29-35(33,34)19-7-4-3-5-8-19)24(32)28-22(23(31)20-9-6-12-26-20)18-10-13-30(14-11-18)16-27-25;/h3-5,7-8,16-18,20-22,26,29H,6,9-15,25H2,1-2H3,(H,28,32);1H/t20-,21+,22?;/m0./s1. The SMILES string of the molecule is CC(C)C[C@@H](NS(=O)(=O)c1ccccc1)C(=O)NC(C(=O)[C@@H]1CCCN1)C1CCN(C=NN)CC1.Cl. The van der Waals surface area contributed by atoms with Crippen LogP contribution >= 0.6 is 12.4 Å². The van der Waals surface area contributed by atoms with Crippen LogP contribution in [-0.2, 0) is 19.6 Å². The lowest BCUT2D eigenvalue weighted by Crippen LogP contribution is -2.58. The molecule has 2 heterocycles. The van der Waals surface area contributed by atoms with E-state index in [1.807, 2.05) is 18.7 Å². The van der Waals surface area contributed by atoms with Crippen LogP contribution in [-0.4, -0.2) is 69.1 Å². The maximum atomic E-state index is 13.5. The van der Waals surface area contributed by atoms with Crippen LogP contribution in [0.25, 0.3) is 0 Å². The number of hydrogen-bond acceptors (Lipinski definition) is 7. The molecule has 0 saturated carbocycles. The predicted octanol–water partition coefficient (Wildman–Crippen LogP) is 1.22. The van der Waals surface area contributed by atoms with Gasteiger partial charge < -0.3 is 21.4 Å². The Labute approximate surface area is 220 Å². The van der Waals surface area contributed by atoms with Gasteiger partial charge in [0.2, 0.25) is 15.9 Å². The van der Waals surface area contributed by atoms with Crippen LogP contribution in [0.1, 0.15) is 46.0 Å². The third-order valence-corrected chi connectivity index (χ3v) is 8.15. The minimum absolute atomic E-state index is 0. The number of nitrogens with zero attached hydrogens (tertiary/aromatic N) is 2. The molecule has 2 saturated heterocycles. The van der Waals surface area contributed by atoms with Crippen LogP contribution in [0.2, 0.25) is 0 Å². The molecule has 5 N–H and O–H groups in total. The van der Waals surface area contributed by atoms with Gasteiger partial charge in [-0.05, 0) is 62.6 Å². The van der Waals surface area contributed by atoms with Crippen LogP contribution in [0.15, 0.2) is 40.3 Å². The molecule has 12 heteroatoms. The lowest BCUT2D eigenvalue weighted by Gasteiger charge is -2.36. The number of sulfonamides is 1. The van der Waals surface area contributed by atoms with Gasteiger partial charge >= 0.3 is 0 Å². The third kappa shape index (κ3) is 8.16. The van der Waals surface area contributed by atoms with E-state index in [9.17, 15) is 18.0 Å². The van der Waals surface area contributed by atoms with E-state index in [0.717, 1.165) is 19.4 Å². The number of likely N-dealkylation sites (tertiary alicyclic amines) is 1. The summed E-state index contributed by atoms with van der Waals surface area (Å²) in [5.74, 6) is 4.77. The molecular weight excluding hydrogens is 504 g/mol. The van der Waals surface area contributed by atoms with E-state index in [4.69, 9.17) is 5.84 Å². The zero-order valence-corrected chi connectivity index (χ0v) is 22.6. The number of nitrogens with two attached hydrogens (primary N) is 1. The minimum atomic E-state index is -3.90. The number of benzene rings is 1. The largest absolute Gasteiger partial charge is 0.361 e. The fourth-order valence-corrected chi connectivity index (χ4v) is 6.05. The smallest absolute Gasteiger partial charge is 0.241 e. The highest BCUT2D eigenvalue weighted by molar-refractivity contribution is 7.89. The maximum Gasteiger partial charge on any atom is 0.241 e. The highest BCUT2D eigenvalue weighted by Crippen LogP contribution is 2.24. The van der Waals surface area contributed by atoms with Gasteiger partial charge in [0, 0.05) is 13.1 Å². The number of amides is 1. The van der Waals surface area contributed by atoms with Crippen molar-refractivity contribution in [3.8, 4) is 0 Å². The van der Waals surface area contributed by atoms with Gasteiger partial charge in [0.05, 0.1) is 17.0 Å². The molecule has 2 fully saturated rings. The first-order valence-corrected chi connectivity index (χ1v) is 13.8. The number of piperidine rings is 1. The summed E-state index contributed by atoms with van der Waals surface area (Å²) in [6.07, 6.45) is 4.93. The molecule has 1 aromatic carbocycles. The summed E-state index contributed by atoms with van der Waals surface area (Å²) in [6.45, 7) is 5.99. The fraction of sp³-hybridized carbons (Fsp3) is 0.625. The minimum Gasteiger partial charge on any atom is -0.361 e. The quantitative estimate of drug-likeness (QED) is 0.142. The summed E-state index contributed by atoms with van der Waals surface area (Å²) >= 11 is 0. The first-order valence-electron chi connectivity index (χ1n) is 12.3. The van der Waals surface area contributed by atoms with Gasteiger partial charge in [-0.3, -0.25) is 9.59 Å². The van der Waals surface area contributed by atoms with Crippen molar-refractivity contribution < 1.29 is 18.0 Å². The number of halogens is 1. The van der Waals surface area contributed by atoms with Crippen molar-refractivity contribution in [2.75, 3.05) is 19.6 Å². The second-order valence-electron chi connectivity index (χ2n) is 9.79. The molecule has 2 aliphatic heterocycles. The Morgan fingerprint density at radius 2 is 1.86 bits per heavy atom. The molecule has 0 aromatic heterocycles. The van der Waals surface area contributed by atoms with Gasteiger partial charge in [-0.2, -0.15) is 9.82 Å². The van der Waals surface area contributed by atoms with Crippen LogP contribution in [0, 0.1) is 11.8 Å². The second-order valence-corrected chi connectivity index (χ2v) is 11.5. The molecule has 2 aliphatic rings. The number of nitrogens with one attached hydrogen (secondary N) is 3. The Morgan fingerprint density at radius 3 is 2.42 bits per heavy atom. The molecular formula is C24H39ClN6O4S. The Morgan fingerprint density at radius 1 is 1.19 bits per heavy atom. The average molecular weight is 543 g/mol. The summed E-state index contributed by atoms with van der Waals surface area (Å²) < 4.78 is 28.5. The maximum absolute atomic E-state index is 13.5. The van der Waals surface area contributed by atoms with E-state index in [2.05, 4.69) is 20.5 Å². The fourth-order valence-electron chi connectivity index (χ4n) is 4.82.